The van der Waals surface area contributed by atoms with Crippen molar-refractivity contribution >= 4 is 5.97 Å². The summed E-state index contributed by atoms with van der Waals surface area (Å²) >= 11 is 0. The molecule has 0 radical (unpaired) electrons. The number of carbonyl (C=O) groups excluding carboxylic acids is 1. The summed E-state index contributed by atoms with van der Waals surface area (Å²) in [4.78, 5) is 12.6. The number of esters is 1. The van der Waals surface area contributed by atoms with E-state index in [1.165, 1.54) is 24.8 Å². The monoisotopic (exact) mass is 414 g/mol. The van der Waals surface area contributed by atoms with E-state index in [1.807, 2.05) is 12.1 Å². The van der Waals surface area contributed by atoms with E-state index in [0.29, 0.717) is 5.92 Å². The summed E-state index contributed by atoms with van der Waals surface area (Å²) in [5.41, 5.74) is 3.02. The summed E-state index contributed by atoms with van der Waals surface area (Å²) in [7, 11) is 3.31. The number of quaternary nitrogens is 1. The first-order valence-electron chi connectivity index (χ1n) is 11.4. The van der Waals surface area contributed by atoms with Crippen molar-refractivity contribution in [2.24, 2.45) is 23.2 Å². The van der Waals surface area contributed by atoms with E-state index in [-0.39, 0.29) is 29.3 Å². The number of benzene rings is 1. The van der Waals surface area contributed by atoms with Crippen LogP contribution in [0.15, 0.2) is 29.8 Å². The SMILES string of the molecule is COc1ccc(CC[NH2+]C[C@@H]2C(=O)O[C@@H]3C[C@@]4(C)CCC[C@H](C)C4=C[C@H]23)cc1OC. The maximum Gasteiger partial charge on any atom is 0.315 e. The zero-order valence-electron chi connectivity index (χ0n) is 18.8. The third-order valence-electron chi connectivity index (χ3n) is 7.59. The molecule has 5 atom stereocenters. The Balaban J connectivity index is 1.36. The highest BCUT2D eigenvalue weighted by atomic mass is 16.6. The van der Waals surface area contributed by atoms with E-state index in [1.54, 1.807) is 19.8 Å². The van der Waals surface area contributed by atoms with Crippen LogP contribution in [0.4, 0.5) is 0 Å². The third kappa shape index (κ3) is 3.96. The van der Waals surface area contributed by atoms with Crippen LogP contribution in [0.1, 0.15) is 45.1 Å². The average molecular weight is 415 g/mol. The molecule has 1 heterocycles. The van der Waals surface area contributed by atoms with Crippen molar-refractivity contribution < 1.29 is 24.3 Å². The molecule has 4 rings (SSSR count). The highest BCUT2D eigenvalue weighted by Gasteiger charge is 2.52. The van der Waals surface area contributed by atoms with Gasteiger partial charge in [0.2, 0.25) is 0 Å². The lowest BCUT2D eigenvalue weighted by Gasteiger charge is -2.45. The maximum absolute atomic E-state index is 12.6. The van der Waals surface area contributed by atoms with E-state index >= 15 is 0 Å². The first-order valence-corrected chi connectivity index (χ1v) is 11.4. The zero-order chi connectivity index (χ0) is 21.3. The highest BCUT2D eigenvalue weighted by Crippen LogP contribution is 2.53. The van der Waals surface area contributed by atoms with Crippen LogP contribution in [0.5, 0.6) is 11.5 Å². The van der Waals surface area contributed by atoms with Crippen molar-refractivity contribution in [2.45, 2.75) is 52.1 Å². The van der Waals surface area contributed by atoms with Gasteiger partial charge in [-0.3, -0.25) is 4.79 Å². The number of fused-ring (bicyclic) bond motifs is 2. The topological polar surface area (TPSA) is 61.4 Å². The smallest absolute Gasteiger partial charge is 0.315 e. The van der Waals surface area contributed by atoms with E-state index in [0.717, 1.165) is 37.4 Å². The third-order valence-corrected chi connectivity index (χ3v) is 7.59. The highest BCUT2D eigenvalue weighted by molar-refractivity contribution is 5.76. The summed E-state index contributed by atoms with van der Waals surface area (Å²) in [6.07, 6.45) is 8.22. The van der Waals surface area contributed by atoms with Crippen molar-refractivity contribution in [3.05, 3.63) is 35.4 Å². The molecule has 0 aromatic heterocycles. The van der Waals surface area contributed by atoms with Gasteiger partial charge in [-0.1, -0.05) is 38.0 Å². The van der Waals surface area contributed by atoms with Crippen LogP contribution in [-0.2, 0) is 16.0 Å². The number of ether oxygens (including phenoxy) is 3. The van der Waals surface area contributed by atoms with Gasteiger partial charge in [0.05, 0.1) is 27.3 Å². The molecule has 3 aliphatic rings. The number of allylic oxidation sites excluding steroid dienone is 1. The number of hydrogen-bond acceptors (Lipinski definition) is 4. The second kappa shape index (κ2) is 8.62. The molecule has 0 bridgehead atoms. The fraction of sp³-hybridized carbons (Fsp3) is 0.640. The summed E-state index contributed by atoms with van der Waals surface area (Å²) in [5, 5.41) is 2.27. The first kappa shape index (κ1) is 21.2. The standard InChI is InChI=1S/C25H35NO4/c1-16-6-5-10-25(2)14-23-18(13-20(16)25)19(24(27)30-23)15-26-11-9-17-7-8-21(28-3)22(12-17)29-4/h7-8,12-13,16,18-19,23,26H,5-6,9-11,14-15H2,1-4H3/p+1/t16-,18+,19-,23+,25+/m0/s1. The number of methoxy groups -OCH3 is 2. The predicted molar refractivity (Wildman–Crippen MR) is 116 cm³/mol. The lowest BCUT2D eigenvalue weighted by atomic mass is 9.59. The number of nitrogens with two attached hydrogens (primary N) is 1. The van der Waals surface area contributed by atoms with Crippen LogP contribution in [0, 0.1) is 23.2 Å². The van der Waals surface area contributed by atoms with Crippen LogP contribution in [0.25, 0.3) is 0 Å². The fourth-order valence-electron chi connectivity index (χ4n) is 5.92. The lowest BCUT2D eigenvalue weighted by molar-refractivity contribution is -0.658. The molecule has 1 aliphatic heterocycles. The van der Waals surface area contributed by atoms with E-state index in [4.69, 9.17) is 14.2 Å². The summed E-state index contributed by atoms with van der Waals surface area (Å²) in [5.74, 6) is 2.37. The maximum atomic E-state index is 12.6. The Kier molecular flexibility index (Phi) is 6.10. The second-order valence-electron chi connectivity index (χ2n) is 9.59. The first-order chi connectivity index (χ1) is 14.4. The van der Waals surface area contributed by atoms with E-state index in [9.17, 15) is 4.79 Å². The normalized spacial score (nSPS) is 32.7. The molecule has 5 heteroatoms. The largest absolute Gasteiger partial charge is 0.493 e. The minimum Gasteiger partial charge on any atom is -0.493 e. The molecule has 1 saturated carbocycles. The molecule has 2 fully saturated rings. The quantitative estimate of drug-likeness (QED) is 0.423. The van der Waals surface area contributed by atoms with E-state index in [2.05, 4.69) is 31.3 Å². The van der Waals surface area contributed by atoms with Crippen LogP contribution < -0.4 is 14.8 Å². The molecule has 0 spiro atoms. The van der Waals surface area contributed by atoms with Gasteiger partial charge < -0.3 is 19.5 Å². The number of hydrogen-bond donors (Lipinski definition) is 1. The molecule has 0 amide bonds. The molecular formula is C25H36NO4+. The molecule has 30 heavy (non-hydrogen) atoms. The Morgan fingerprint density at radius 1 is 1.23 bits per heavy atom. The van der Waals surface area contributed by atoms with Gasteiger partial charge in [0.15, 0.2) is 11.5 Å². The van der Waals surface area contributed by atoms with Gasteiger partial charge in [-0.2, -0.15) is 0 Å². The van der Waals surface area contributed by atoms with Crippen molar-refractivity contribution in [1.29, 1.82) is 0 Å². The van der Waals surface area contributed by atoms with Crippen molar-refractivity contribution in [2.75, 3.05) is 27.3 Å². The predicted octanol–water partition coefficient (Wildman–Crippen LogP) is 3.12. The van der Waals surface area contributed by atoms with Gasteiger partial charge in [0, 0.05) is 12.3 Å². The van der Waals surface area contributed by atoms with Crippen LogP contribution in [0.2, 0.25) is 0 Å². The van der Waals surface area contributed by atoms with Crippen molar-refractivity contribution in [1.82, 2.24) is 0 Å². The minimum atomic E-state index is -0.0217. The second-order valence-corrected chi connectivity index (χ2v) is 9.59. The fourth-order valence-corrected chi connectivity index (χ4v) is 5.92. The van der Waals surface area contributed by atoms with Crippen LogP contribution in [-0.4, -0.2) is 39.4 Å². The Labute approximate surface area is 180 Å². The van der Waals surface area contributed by atoms with Crippen molar-refractivity contribution in [3.8, 4) is 11.5 Å². The van der Waals surface area contributed by atoms with Gasteiger partial charge in [-0.25, -0.2) is 0 Å². The molecule has 1 aromatic carbocycles. The molecule has 5 nitrogen and oxygen atoms in total. The Hall–Kier alpha value is -2.01. The Morgan fingerprint density at radius 2 is 2.03 bits per heavy atom. The molecule has 0 unspecified atom stereocenters. The lowest BCUT2D eigenvalue weighted by Crippen LogP contribution is -2.86. The average Bonchev–Trinajstić information content (AvgIpc) is 3.03. The summed E-state index contributed by atoms with van der Waals surface area (Å²) in [6.45, 7) is 6.45. The van der Waals surface area contributed by atoms with Gasteiger partial charge in [-0.05, 0) is 48.3 Å². The van der Waals surface area contributed by atoms with E-state index < -0.39 is 0 Å². The summed E-state index contributed by atoms with van der Waals surface area (Å²) < 4.78 is 16.6. The number of rotatable bonds is 7. The van der Waals surface area contributed by atoms with Gasteiger partial charge in [-0.15, -0.1) is 0 Å². The van der Waals surface area contributed by atoms with Gasteiger partial charge in [0.25, 0.3) is 0 Å². The van der Waals surface area contributed by atoms with Crippen LogP contribution in [0.3, 0.4) is 0 Å². The van der Waals surface area contributed by atoms with Crippen molar-refractivity contribution in [3.63, 3.8) is 0 Å². The minimum absolute atomic E-state index is 0.000818. The Bertz CT molecular complexity index is 819. The molecule has 2 N–H and O–H groups in total. The molecule has 1 saturated heterocycles. The summed E-state index contributed by atoms with van der Waals surface area (Å²) in [6, 6.07) is 6.05. The molecule has 164 valence electrons. The number of carbonyl (C=O) groups is 1. The molecule has 2 aliphatic carbocycles. The van der Waals surface area contributed by atoms with Gasteiger partial charge in [0.1, 0.15) is 12.0 Å². The van der Waals surface area contributed by atoms with Gasteiger partial charge >= 0.3 is 5.97 Å². The molecule has 1 aromatic rings. The van der Waals surface area contributed by atoms with Crippen LogP contribution >= 0.6 is 0 Å². The zero-order valence-corrected chi connectivity index (χ0v) is 18.8. The Morgan fingerprint density at radius 3 is 2.80 bits per heavy atom. The molecular weight excluding hydrogens is 378 g/mol.